The van der Waals surface area contributed by atoms with E-state index in [0.717, 1.165) is 24.0 Å². The molecule has 0 aliphatic carbocycles. The van der Waals surface area contributed by atoms with Crippen molar-refractivity contribution in [2.45, 2.75) is 46.6 Å². The van der Waals surface area contributed by atoms with Crippen LogP contribution in [0.5, 0.6) is 0 Å². The van der Waals surface area contributed by atoms with Crippen LogP contribution in [0.4, 0.5) is 4.79 Å². The van der Waals surface area contributed by atoms with Crippen LogP contribution in [0, 0.1) is 12.8 Å². The number of carbonyl (C=O) groups is 2. The number of rotatable bonds is 5. The minimum Gasteiger partial charge on any atom is -0.337 e. The van der Waals surface area contributed by atoms with E-state index < -0.39 is 0 Å². The second-order valence-corrected chi connectivity index (χ2v) is 9.01. The summed E-state index contributed by atoms with van der Waals surface area (Å²) in [4.78, 5) is 29.4. The molecule has 1 aliphatic rings. The first-order valence-corrected chi connectivity index (χ1v) is 11.3. The minimum absolute atomic E-state index is 0.0424. The second-order valence-electron chi connectivity index (χ2n) is 9.01. The number of amides is 3. The van der Waals surface area contributed by atoms with Gasteiger partial charge in [-0.2, -0.15) is 0 Å². The van der Waals surface area contributed by atoms with E-state index in [1.54, 1.807) is 0 Å². The number of urea groups is 1. The van der Waals surface area contributed by atoms with Crippen molar-refractivity contribution in [1.29, 1.82) is 0 Å². The molecule has 0 spiro atoms. The molecule has 1 aliphatic heterocycles. The van der Waals surface area contributed by atoms with Gasteiger partial charge in [-0.25, -0.2) is 4.79 Å². The van der Waals surface area contributed by atoms with Crippen molar-refractivity contribution >= 4 is 11.9 Å². The number of hydrogen-bond acceptors (Lipinski definition) is 2. The van der Waals surface area contributed by atoms with E-state index in [0.29, 0.717) is 37.7 Å². The summed E-state index contributed by atoms with van der Waals surface area (Å²) >= 11 is 0. The third kappa shape index (κ3) is 6.33. The van der Waals surface area contributed by atoms with Gasteiger partial charge in [-0.15, -0.1) is 0 Å². The van der Waals surface area contributed by atoms with E-state index in [4.69, 9.17) is 0 Å². The van der Waals surface area contributed by atoms with Gasteiger partial charge in [0.2, 0.25) is 0 Å². The number of hydrogen-bond donors (Lipinski definition) is 1. The standard InChI is InChI=1S/C26H35N3O2/c1-19(2)17-22-9-11-23(12-10-22)21(4)27-26(31)29-14-6-13-28(15-16-29)25(30)24-8-5-7-20(3)18-24/h5,7-12,18-19,21H,6,13-17H2,1-4H3,(H,27,31). The molecule has 0 radical (unpaired) electrons. The van der Waals surface area contributed by atoms with Gasteiger partial charge in [0.1, 0.15) is 0 Å². The van der Waals surface area contributed by atoms with E-state index in [1.807, 2.05) is 47.9 Å². The Morgan fingerprint density at radius 3 is 2.29 bits per heavy atom. The first kappa shape index (κ1) is 22.9. The van der Waals surface area contributed by atoms with Gasteiger partial charge in [0.15, 0.2) is 0 Å². The van der Waals surface area contributed by atoms with Crippen LogP contribution >= 0.6 is 0 Å². The fourth-order valence-electron chi connectivity index (χ4n) is 4.06. The Hall–Kier alpha value is -2.82. The smallest absolute Gasteiger partial charge is 0.317 e. The van der Waals surface area contributed by atoms with Crippen molar-refractivity contribution in [3.63, 3.8) is 0 Å². The fraction of sp³-hybridized carbons (Fsp3) is 0.462. The zero-order chi connectivity index (χ0) is 22.4. The number of carbonyl (C=O) groups excluding carboxylic acids is 2. The molecule has 31 heavy (non-hydrogen) atoms. The molecule has 0 aromatic heterocycles. The average molecular weight is 422 g/mol. The minimum atomic E-state index is -0.0661. The van der Waals surface area contributed by atoms with Gasteiger partial charge < -0.3 is 15.1 Å². The number of nitrogens with one attached hydrogen (secondary N) is 1. The highest BCUT2D eigenvalue weighted by Gasteiger charge is 2.23. The summed E-state index contributed by atoms with van der Waals surface area (Å²) in [5.74, 6) is 0.671. The molecule has 1 unspecified atom stereocenters. The maximum absolute atomic E-state index is 12.8. The highest BCUT2D eigenvalue weighted by atomic mass is 16.2. The highest BCUT2D eigenvalue weighted by molar-refractivity contribution is 5.94. The summed E-state index contributed by atoms with van der Waals surface area (Å²) in [5.41, 5.74) is 4.22. The lowest BCUT2D eigenvalue weighted by molar-refractivity contribution is 0.0762. The normalized spacial score (nSPS) is 15.5. The fourth-order valence-corrected chi connectivity index (χ4v) is 4.06. The van der Waals surface area contributed by atoms with Crippen LogP contribution in [-0.4, -0.2) is 47.9 Å². The van der Waals surface area contributed by atoms with Gasteiger partial charge in [0, 0.05) is 31.7 Å². The summed E-state index contributed by atoms with van der Waals surface area (Å²) in [6.45, 7) is 10.9. The zero-order valence-electron chi connectivity index (χ0n) is 19.2. The molecule has 1 saturated heterocycles. The average Bonchev–Trinajstić information content (AvgIpc) is 2.99. The highest BCUT2D eigenvalue weighted by Crippen LogP contribution is 2.17. The topological polar surface area (TPSA) is 52.7 Å². The van der Waals surface area contributed by atoms with E-state index in [9.17, 15) is 9.59 Å². The molecule has 1 fully saturated rings. The first-order valence-electron chi connectivity index (χ1n) is 11.3. The van der Waals surface area contributed by atoms with E-state index in [2.05, 4.69) is 43.4 Å². The molecular weight excluding hydrogens is 386 g/mol. The van der Waals surface area contributed by atoms with Crippen molar-refractivity contribution in [1.82, 2.24) is 15.1 Å². The van der Waals surface area contributed by atoms with Crippen molar-refractivity contribution in [2.75, 3.05) is 26.2 Å². The predicted octanol–water partition coefficient (Wildman–Crippen LogP) is 4.81. The Morgan fingerprint density at radius 1 is 0.935 bits per heavy atom. The molecule has 5 heteroatoms. The Kier molecular flexibility index (Phi) is 7.72. The lowest BCUT2D eigenvalue weighted by atomic mass is 10.00. The molecule has 1 N–H and O–H groups in total. The van der Waals surface area contributed by atoms with Crippen molar-refractivity contribution in [2.24, 2.45) is 5.92 Å². The summed E-state index contributed by atoms with van der Waals surface area (Å²) < 4.78 is 0. The van der Waals surface area contributed by atoms with Gasteiger partial charge in [-0.1, -0.05) is 55.8 Å². The summed E-state index contributed by atoms with van der Waals surface area (Å²) in [6, 6.07) is 16.1. The summed E-state index contributed by atoms with van der Waals surface area (Å²) in [5, 5.41) is 3.12. The molecule has 2 aromatic carbocycles. The molecule has 3 amide bonds. The third-order valence-corrected chi connectivity index (χ3v) is 5.80. The van der Waals surface area contributed by atoms with E-state index in [1.165, 1.54) is 5.56 Å². The molecule has 0 saturated carbocycles. The third-order valence-electron chi connectivity index (χ3n) is 5.80. The molecule has 1 heterocycles. The van der Waals surface area contributed by atoms with Gasteiger partial charge in [-0.05, 0) is 55.9 Å². The van der Waals surface area contributed by atoms with Crippen LogP contribution in [0.1, 0.15) is 60.3 Å². The predicted molar refractivity (Wildman–Crippen MR) is 125 cm³/mol. The van der Waals surface area contributed by atoms with Crippen LogP contribution in [0.3, 0.4) is 0 Å². The molecule has 166 valence electrons. The van der Waals surface area contributed by atoms with Crippen LogP contribution in [-0.2, 0) is 6.42 Å². The van der Waals surface area contributed by atoms with Gasteiger partial charge in [-0.3, -0.25) is 4.79 Å². The summed E-state index contributed by atoms with van der Waals surface area (Å²) in [6.07, 6.45) is 1.84. The van der Waals surface area contributed by atoms with Gasteiger partial charge in [0.25, 0.3) is 5.91 Å². The molecule has 5 nitrogen and oxygen atoms in total. The Balaban J connectivity index is 1.54. The van der Waals surface area contributed by atoms with Crippen LogP contribution in [0.15, 0.2) is 48.5 Å². The molecule has 2 aromatic rings. The van der Waals surface area contributed by atoms with Gasteiger partial charge >= 0.3 is 6.03 Å². The molecule has 3 rings (SSSR count). The quantitative estimate of drug-likeness (QED) is 0.753. The number of aryl methyl sites for hydroxylation is 1. The van der Waals surface area contributed by atoms with Crippen molar-refractivity contribution in [3.8, 4) is 0 Å². The zero-order valence-corrected chi connectivity index (χ0v) is 19.2. The molecule has 1 atom stereocenters. The maximum atomic E-state index is 12.8. The lowest BCUT2D eigenvalue weighted by Gasteiger charge is -2.24. The number of benzene rings is 2. The lowest BCUT2D eigenvalue weighted by Crippen LogP contribution is -2.43. The molecule has 0 bridgehead atoms. The Bertz CT molecular complexity index is 892. The largest absolute Gasteiger partial charge is 0.337 e. The maximum Gasteiger partial charge on any atom is 0.317 e. The number of nitrogens with zero attached hydrogens (tertiary/aromatic N) is 2. The Morgan fingerprint density at radius 2 is 1.61 bits per heavy atom. The first-order chi connectivity index (χ1) is 14.8. The van der Waals surface area contributed by atoms with E-state index >= 15 is 0 Å². The summed E-state index contributed by atoms with van der Waals surface area (Å²) in [7, 11) is 0. The van der Waals surface area contributed by atoms with E-state index in [-0.39, 0.29) is 18.0 Å². The monoisotopic (exact) mass is 421 g/mol. The van der Waals surface area contributed by atoms with Crippen molar-refractivity contribution in [3.05, 3.63) is 70.8 Å². The molecular formula is C26H35N3O2. The van der Waals surface area contributed by atoms with Crippen LogP contribution in [0.25, 0.3) is 0 Å². The SMILES string of the molecule is Cc1cccc(C(=O)N2CCCN(C(=O)NC(C)c3ccc(CC(C)C)cc3)CC2)c1. The second kappa shape index (κ2) is 10.5. The van der Waals surface area contributed by atoms with Crippen LogP contribution in [0.2, 0.25) is 0 Å². The van der Waals surface area contributed by atoms with Gasteiger partial charge in [0.05, 0.1) is 6.04 Å². The van der Waals surface area contributed by atoms with Crippen molar-refractivity contribution < 1.29 is 9.59 Å². The van der Waals surface area contributed by atoms with Crippen LogP contribution < -0.4 is 5.32 Å². The Labute approximate surface area is 186 Å².